The van der Waals surface area contributed by atoms with E-state index in [1.165, 1.54) is 0 Å². The molecule has 1 N–H and O–H groups in total. The molecule has 2 aromatic rings. The summed E-state index contributed by atoms with van der Waals surface area (Å²) < 4.78 is 5.75. The molecule has 2 aromatic carbocycles. The van der Waals surface area contributed by atoms with Crippen LogP contribution in [0.1, 0.15) is 18.1 Å². The van der Waals surface area contributed by atoms with Crippen LogP contribution in [0.3, 0.4) is 0 Å². The van der Waals surface area contributed by atoms with E-state index < -0.39 is 0 Å². The second-order valence-electron chi connectivity index (χ2n) is 5.49. The number of carbonyl (C=O) groups excluding carboxylic acids is 1. The van der Waals surface area contributed by atoms with Crippen molar-refractivity contribution in [2.45, 2.75) is 26.0 Å². The van der Waals surface area contributed by atoms with Gasteiger partial charge in [-0.2, -0.15) is 0 Å². The molecule has 0 aliphatic heterocycles. The molecule has 0 aliphatic carbocycles. The molecular formula is C19H23NO2S. The van der Waals surface area contributed by atoms with Crippen molar-refractivity contribution in [1.29, 1.82) is 0 Å². The van der Waals surface area contributed by atoms with Gasteiger partial charge in [-0.25, -0.2) is 0 Å². The molecule has 0 spiro atoms. The van der Waals surface area contributed by atoms with Gasteiger partial charge in [0.1, 0.15) is 5.75 Å². The summed E-state index contributed by atoms with van der Waals surface area (Å²) in [5.41, 5.74) is 3.11. The fraction of sp³-hybridized carbons (Fsp3) is 0.316. The Labute approximate surface area is 142 Å². The van der Waals surface area contributed by atoms with E-state index in [0.717, 1.165) is 28.3 Å². The van der Waals surface area contributed by atoms with Gasteiger partial charge in [0, 0.05) is 11.4 Å². The van der Waals surface area contributed by atoms with Crippen molar-refractivity contribution in [1.82, 2.24) is 0 Å². The third-order valence-corrected chi connectivity index (χ3v) is 4.57. The number of anilines is 1. The van der Waals surface area contributed by atoms with Crippen molar-refractivity contribution < 1.29 is 9.53 Å². The molecule has 0 heterocycles. The fourth-order valence-corrected chi connectivity index (χ4v) is 2.88. The Kier molecular flexibility index (Phi) is 6.53. The van der Waals surface area contributed by atoms with Gasteiger partial charge in [-0.3, -0.25) is 4.79 Å². The van der Waals surface area contributed by atoms with Crippen molar-refractivity contribution in [3.8, 4) is 5.75 Å². The summed E-state index contributed by atoms with van der Waals surface area (Å²) in [6, 6.07) is 15.8. The molecule has 122 valence electrons. The maximum atomic E-state index is 12.2. The highest BCUT2D eigenvalue weighted by Gasteiger charge is 2.13. The van der Waals surface area contributed by atoms with Crippen molar-refractivity contribution >= 4 is 23.4 Å². The molecule has 0 aromatic heterocycles. The highest BCUT2D eigenvalue weighted by Crippen LogP contribution is 2.18. The Morgan fingerprint density at radius 1 is 1.17 bits per heavy atom. The van der Waals surface area contributed by atoms with E-state index >= 15 is 0 Å². The molecule has 1 atom stereocenters. The summed E-state index contributed by atoms with van der Waals surface area (Å²) in [6.07, 6.45) is 0. The number of amides is 1. The van der Waals surface area contributed by atoms with Gasteiger partial charge in [-0.05, 0) is 50.1 Å². The lowest BCUT2D eigenvalue weighted by molar-refractivity contribution is -0.115. The Balaban J connectivity index is 1.73. The first-order valence-corrected chi connectivity index (χ1v) is 8.78. The van der Waals surface area contributed by atoms with Gasteiger partial charge in [-0.1, -0.05) is 30.3 Å². The lowest BCUT2D eigenvalue weighted by atomic mass is 10.2. The zero-order valence-corrected chi connectivity index (χ0v) is 14.7. The molecule has 4 heteroatoms. The van der Waals surface area contributed by atoms with Crippen molar-refractivity contribution in [3.05, 3.63) is 59.7 Å². The molecule has 0 saturated heterocycles. The van der Waals surface area contributed by atoms with E-state index in [4.69, 9.17) is 4.74 Å². The monoisotopic (exact) mass is 329 g/mol. The fourth-order valence-electron chi connectivity index (χ4n) is 2.14. The van der Waals surface area contributed by atoms with E-state index in [2.05, 4.69) is 5.32 Å². The Morgan fingerprint density at radius 2 is 1.96 bits per heavy atom. The molecule has 0 saturated carbocycles. The Morgan fingerprint density at radius 3 is 2.70 bits per heavy atom. The number of benzene rings is 2. The molecule has 23 heavy (non-hydrogen) atoms. The van der Waals surface area contributed by atoms with Gasteiger partial charge in [0.2, 0.25) is 5.91 Å². The van der Waals surface area contributed by atoms with Crippen molar-refractivity contribution in [2.24, 2.45) is 0 Å². The lowest BCUT2D eigenvalue weighted by Gasteiger charge is -2.13. The lowest BCUT2D eigenvalue weighted by Crippen LogP contribution is -2.23. The average Bonchev–Trinajstić information content (AvgIpc) is 2.53. The summed E-state index contributed by atoms with van der Waals surface area (Å²) in [4.78, 5) is 12.2. The van der Waals surface area contributed by atoms with Crippen LogP contribution in [-0.4, -0.2) is 23.5 Å². The Hall–Kier alpha value is -1.94. The normalized spacial score (nSPS) is 11.8. The SMILES string of the molecule is Cc1cccc(NC(=O)C(C)SCCOc2ccccc2C)c1. The van der Waals surface area contributed by atoms with Crippen molar-refractivity contribution in [2.75, 3.05) is 17.7 Å². The summed E-state index contributed by atoms with van der Waals surface area (Å²) in [6.45, 7) is 6.55. The smallest absolute Gasteiger partial charge is 0.237 e. The third-order valence-electron chi connectivity index (χ3n) is 3.46. The molecule has 1 unspecified atom stereocenters. The number of para-hydroxylation sites is 1. The first-order valence-electron chi connectivity index (χ1n) is 7.74. The Bertz CT molecular complexity index is 657. The minimum Gasteiger partial charge on any atom is -0.492 e. The standard InChI is InChI=1S/C19H23NO2S/c1-14-7-6-9-17(13-14)20-19(21)16(3)23-12-11-22-18-10-5-4-8-15(18)2/h4-10,13,16H,11-12H2,1-3H3,(H,20,21). The summed E-state index contributed by atoms with van der Waals surface area (Å²) in [7, 11) is 0. The highest BCUT2D eigenvalue weighted by molar-refractivity contribution is 8.00. The van der Waals surface area contributed by atoms with Gasteiger partial charge < -0.3 is 10.1 Å². The minimum absolute atomic E-state index is 0.0245. The predicted octanol–water partition coefficient (Wildman–Crippen LogP) is 4.44. The van der Waals surface area contributed by atoms with Crippen LogP contribution >= 0.6 is 11.8 Å². The molecule has 1 amide bonds. The summed E-state index contributed by atoms with van der Waals surface area (Å²) in [5, 5.41) is 2.83. The van der Waals surface area contributed by atoms with Crippen LogP contribution in [0.4, 0.5) is 5.69 Å². The van der Waals surface area contributed by atoms with Gasteiger partial charge >= 0.3 is 0 Å². The number of aryl methyl sites for hydroxylation is 2. The number of nitrogens with one attached hydrogen (secondary N) is 1. The maximum Gasteiger partial charge on any atom is 0.237 e. The van der Waals surface area contributed by atoms with Gasteiger partial charge in [0.25, 0.3) is 0 Å². The molecular weight excluding hydrogens is 306 g/mol. The van der Waals surface area contributed by atoms with Crippen molar-refractivity contribution in [3.63, 3.8) is 0 Å². The van der Waals surface area contributed by atoms with Crippen LogP contribution in [0, 0.1) is 13.8 Å². The number of hydrogen-bond donors (Lipinski definition) is 1. The van der Waals surface area contributed by atoms with E-state index in [1.54, 1.807) is 11.8 Å². The number of ether oxygens (including phenoxy) is 1. The number of hydrogen-bond acceptors (Lipinski definition) is 3. The van der Waals surface area contributed by atoms with Crippen LogP contribution in [0.5, 0.6) is 5.75 Å². The molecule has 0 aliphatic rings. The third kappa shape index (κ3) is 5.64. The van der Waals surface area contributed by atoms with Crippen LogP contribution in [0.15, 0.2) is 48.5 Å². The van der Waals surface area contributed by atoms with E-state index in [9.17, 15) is 4.79 Å². The predicted molar refractivity (Wildman–Crippen MR) is 98.4 cm³/mol. The first-order chi connectivity index (χ1) is 11.1. The van der Waals surface area contributed by atoms with Crippen LogP contribution in [0.2, 0.25) is 0 Å². The molecule has 3 nitrogen and oxygen atoms in total. The largest absolute Gasteiger partial charge is 0.492 e. The van der Waals surface area contributed by atoms with E-state index in [-0.39, 0.29) is 11.2 Å². The zero-order chi connectivity index (χ0) is 16.7. The number of thioether (sulfide) groups is 1. The zero-order valence-electron chi connectivity index (χ0n) is 13.8. The summed E-state index contributed by atoms with van der Waals surface area (Å²) >= 11 is 1.60. The van der Waals surface area contributed by atoms with Crippen LogP contribution in [-0.2, 0) is 4.79 Å². The first kappa shape index (κ1) is 17.4. The highest BCUT2D eigenvalue weighted by atomic mass is 32.2. The molecule has 0 bridgehead atoms. The average molecular weight is 329 g/mol. The minimum atomic E-state index is -0.115. The second-order valence-corrected chi connectivity index (χ2v) is 6.93. The van der Waals surface area contributed by atoms with Gasteiger partial charge in [0.15, 0.2) is 0 Å². The van der Waals surface area contributed by atoms with Crippen LogP contribution < -0.4 is 10.1 Å². The van der Waals surface area contributed by atoms with E-state index in [0.29, 0.717) is 6.61 Å². The van der Waals surface area contributed by atoms with Gasteiger partial charge in [0.05, 0.1) is 11.9 Å². The van der Waals surface area contributed by atoms with Crippen LogP contribution in [0.25, 0.3) is 0 Å². The summed E-state index contributed by atoms with van der Waals surface area (Å²) in [5.74, 6) is 1.71. The molecule has 0 radical (unpaired) electrons. The second kappa shape index (κ2) is 8.63. The van der Waals surface area contributed by atoms with Gasteiger partial charge in [-0.15, -0.1) is 11.8 Å². The number of rotatable bonds is 7. The van der Waals surface area contributed by atoms with E-state index in [1.807, 2.05) is 69.3 Å². The maximum absolute atomic E-state index is 12.2. The molecule has 0 fully saturated rings. The number of carbonyl (C=O) groups is 1. The topological polar surface area (TPSA) is 38.3 Å². The molecule has 2 rings (SSSR count). The quantitative estimate of drug-likeness (QED) is 0.763.